The number of carbonyl (C=O) groups excluding carboxylic acids is 1. The minimum atomic E-state index is -4.33. The second-order valence-corrected chi connectivity index (χ2v) is 7.52. The molecule has 1 aromatic heterocycles. The first-order valence-corrected chi connectivity index (χ1v) is 9.73. The van der Waals surface area contributed by atoms with E-state index >= 15 is 0 Å². The average Bonchev–Trinajstić information content (AvgIpc) is 3.15. The molecule has 0 spiro atoms. The molecule has 2 heterocycles. The van der Waals surface area contributed by atoms with Crippen LogP contribution in [0.3, 0.4) is 0 Å². The second kappa shape index (κ2) is 8.75. The summed E-state index contributed by atoms with van der Waals surface area (Å²) in [5.41, 5.74) is -0.0579. The number of nitrogens with zero attached hydrogens (tertiary/aromatic N) is 2. The summed E-state index contributed by atoms with van der Waals surface area (Å²) in [7, 11) is 0. The summed E-state index contributed by atoms with van der Waals surface area (Å²) >= 11 is 1.67. The van der Waals surface area contributed by atoms with Crippen LogP contribution in [0.15, 0.2) is 41.8 Å². The minimum absolute atomic E-state index is 0.0147. The van der Waals surface area contributed by atoms with Gasteiger partial charge in [-0.05, 0) is 36.1 Å². The van der Waals surface area contributed by atoms with Gasteiger partial charge < -0.3 is 10.2 Å². The van der Waals surface area contributed by atoms with Gasteiger partial charge in [0.15, 0.2) is 0 Å². The quantitative estimate of drug-likeness (QED) is 0.813. The van der Waals surface area contributed by atoms with Crippen molar-refractivity contribution in [1.82, 2.24) is 10.2 Å². The van der Waals surface area contributed by atoms with E-state index in [4.69, 9.17) is 0 Å². The van der Waals surface area contributed by atoms with Crippen LogP contribution in [-0.2, 0) is 17.4 Å². The summed E-state index contributed by atoms with van der Waals surface area (Å²) in [6, 6.07) is 9.44. The first-order valence-electron chi connectivity index (χ1n) is 8.85. The van der Waals surface area contributed by atoms with Crippen LogP contribution in [0.25, 0.3) is 0 Å². The molecule has 8 heteroatoms. The largest absolute Gasteiger partial charge is 0.416 e. The van der Waals surface area contributed by atoms with Crippen molar-refractivity contribution in [2.45, 2.75) is 12.6 Å². The molecule has 0 unspecified atom stereocenters. The highest BCUT2D eigenvalue weighted by Crippen LogP contribution is 2.31. The number of anilines is 1. The Morgan fingerprint density at radius 1 is 1.11 bits per heavy atom. The Bertz CT molecular complexity index is 741. The third kappa shape index (κ3) is 5.71. The van der Waals surface area contributed by atoms with E-state index in [-0.39, 0.29) is 5.91 Å². The van der Waals surface area contributed by atoms with E-state index in [0.717, 1.165) is 12.5 Å². The van der Waals surface area contributed by atoms with Crippen molar-refractivity contribution in [2.75, 3.05) is 44.2 Å². The fourth-order valence-electron chi connectivity index (χ4n) is 3.08. The average molecular weight is 397 g/mol. The number of piperazine rings is 1. The lowest BCUT2D eigenvalue weighted by Gasteiger charge is -2.36. The summed E-state index contributed by atoms with van der Waals surface area (Å²) in [5, 5.41) is 4.94. The molecule has 0 aliphatic carbocycles. The van der Waals surface area contributed by atoms with E-state index in [0.29, 0.717) is 45.0 Å². The van der Waals surface area contributed by atoms with Gasteiger partial charge in [0, 0.05) is 43.3 Å². The molecule has 0 saturated carbocycles. The number of thiophene rings is 1. The maximum Gasteiger partial charge on any atom is 0.416 e. The zero-order valence-electron chi connectivity index (χ0n) is 14.8. The lowest BCUT2D eigenvalue weighted by atomic mass is 10.1. The predicted molar refractivity (Wildman–Crippen MR) is 101 cm³/mol. The third-order valence-electron chi connectivity index (χ3n) is 4.55. The van der Waals surface area contributed by atoms with Crippen LogP contribution in [0, 0.1) is 0 Å². The number of alkyl halides is 3. The lowest BCUT2D eigenvalue weighted by molar-refractivity contribution is -0.137. The van der Waals surface area contributed by atoms with E-state index < -0.39 is 11.7 Å². The number of benzene rings is 1. The Morgan fingerprint density at radius 2 is 1.89 bits per heavy atom. The maximum atomic E-state index is 12.9. The monoisotopic (exact) mass is 397 g/mol. The lowest BCUT2D eigenvalue weighted by Crippen LogP contribution is -2.49. The van der Waals surface area contributed by atoms with Crippen molar-refractivity contribution in [2.24, 2.45) is 0 Å². The molecule has 1 fully saturated rings. The molecular weight excluding hydrogens is 375 g/mol. The van der Waals surface area contributed by atoms with Gasteiger partial charge in [-0.2, -0.15) is 13.2 Å². The minimum Gasteiger partial charge on any atom is -0.369 e. The highest BCUT2D eigenvalue weighted by atomic mass is 32.1. The Morgan fingerprint density at radius 3 is 2.56 bits per heavy atom. The Labute approximate surface area is 160 Å². The van der Waals surface area contributed by atoms with Crippen molar-refractivity contribution in [3.8, 4) is 0 Å². The van der Waals surface area contributed by atoms with Gasteiger partial charge in [-0.3, -0.25) is 9.69 Å². The number of hydrogen-bond acceptors (Lipinski definition) is 4. The molecule has 1 aromatic carbocycles. The van der Waals surface area contributed by atoms with Gasteiger partial charge >= 0.3 is 6.18 Å². The van der Waals surface area contributed by atoms with E-state index in [1.54, 1.807) is 17.4 Å². The van der Waals surface area contributed by atoms with E-state index in [1.807, 2.05) is 27.3 Å². The van der Waals surface area contributed by atoms with Gasteiger partial charge in [-0.15, -0.1) is 11.3 Å². The van der Waals surface area contributed by atoms with Gasteiger partial charge in [0.1, 0.15) is 0 Å². The van der Waals surface area contributed by atoms with Gasteiger partial charge in [-0.1, -0.05) is 12.1 Å². The number of amides is 1. The van der Waals surface area contributed by atoms with E-state index in [2.05, 4.69) is 5.32 Å². The fourth-order valence-corrected chi connectivity index (χ4v) is 3.79. The van der Waals surface area contributed by atoms with Gasteiger partial charge in [0.2, 0.25) is 5.91 Å². The molecule has 1 aliphatic rings. The van der Waals surface area contributed by atoms with E-state index in [1.165, 1.54) is 17.0 Å². The summed E-state index contributed by atoms with van der Waals surface area (Å²) in [6.45, 7) is 3.43. The molecule has 0 bridgehead atoms. The molecule has 0 atom stereocenters. The van der Waals surface area contributed by atoms with Crippen LogP contribution in [-0.4, -0.2) is 50.1 Å². The number of hydrogen-bond donors (Lipinski definition) is 1. The SMILES string of the molecule is O=C(CN1CCN(c2cccc(C(F)(F)F)c2)CC1)NCCc1cccs1. The predicted octanol–water partition coefficient (Wildman–Crippen LogP) is 3.25. The van der Waals surface area contributed by atoms with Crippen molar-refractivity contribution < 1.29 is 18.0 Å². The highest BCUT2D eigenvalue weighted by molar-refractivity contribution is 7.09. The first kappa shape index (κ1) is 19.7. The summed E-state index contributed by atoms with van der Waals surface area (Å²) in [4.78, 5) is 17.3. The molecule has 1 saturated heterocycles. The Hall–Kier alpha value is -2.06. The van der Waals surface area contributed by atoms with Crippen molar-refractivity contribution in [3.05, 3.63) is 52.2 Å². The van der Waals surface area contributed by atoms with Gasteiger partial charge in [0.25, 0.3) is 0 Å². The smallest absolute Gasteiger partial charge is 0.369 e. The number of halogens is 3. The molecule has 3 rings (SSSR count). The van der Waals surface area contributed by atoms with Gasteiger partial charge in [0.05, 0.1) is 12.1 Å². The molecule has 1 N–H and O–H groups in total. The van der Waals surface area contributed by atoms with Crippen LogP contribution in [0.1, 0.15) is 10.4 Å². The summed E-state index contributed by atoms with van der Waals surface area (Å²) in [6.07, 6.45) is -3.51. The van der Waals surface area contributed by atoms with Crippen molar-refractivity contribution in [1.29, 1.82) is 0 Å². The summed E-state index contributed by atoms with van der Waals surface area (Å²) in [5.74, 6) is -0.0147. The maximum absolute atomic E-state index is 12.9. The topological polar surface area (TPSA) is 35.6 Å². The normalized spacial score (nSPS) is 15.7. The van der Waals surface area contributed by atoms with Crippen LogP contribution >= 0.6 is 11.3 Å². The van der Waals surface area contributed by atoms with E-state index in [9.17, 15) is 18.0 Å². The van der Waals surface area contributed by atoms with Crippen LogP contribution in [0.2, 0.25) is 0 Å². The molecular formula is C19H22F3N3OS. The van der Waals surface area contributed by atoms with Crippen LogP contribution in [0.4, 0.5) is 18.9 Å². The van der Waals surface area contributed by atoms with Crippen molar-refractivity contribution >= 4 is 22.9 Å². The van der Waals surface area contributed by atoms with Crippen LogP contribution < -0.4 is 10.2 Å². The summed E-state index contributed by atoms with van der Waals surface area (Å²) < 4.78 is 38.6. The zero-order chi connectivity index (χ0) is 19.3. The number of rotatable bonds is 6. The molecule has 2 aromatic rings. The molecule has 1 aliphatic heterocycles. The van der Waals surface area contributed by atoms with Crippen molar-refractivity contribution in [3.63, 3.8) is 0 Å². The Kier molecular flexibility index (Phi) is 6.38. The molecule has 27 heavy (non-hydrogen) atoms. The molecule has 4 nitrogen and oxygen atoms in total. The molecule has 0 radical (unpaired) electrons. The Balaban J connectivity index is 1.43. The highest BCUT2D eigenvalue weighted by Gasteiger charge is 2.31. The standard InChI is InChI=1S/C19H22F3N3OS/c20-19(21,22)15-3-1-4-16(13-15)25-10-8-24(9-11-25)14-18(26)23-7-6-17-5-2-12-27-17/h1-5,12-13H,6-11,14H2,(H,23,26). The van der Waals surface area contributed by atoms with Gasteiger partial charge in [-0.25, -0.2) is 0 Å². The third-order valence-corrected chi connectivity index (χ3v) is 5.49. The fraction of sp³-hybridized carbons (Fsp3) is 0.421. The first-order chi connectivity index (χ1) is 12.9. The number of nitrogens with one attached hydrogen (secondary N) is 1. The molecule has 1 amide bonds. The number of carbonyl (C=O) groups is 1. The molecule has 146 valence electrons. The van der Waals surface area contributed by atoms with Crippen LogP contribution in [0.5, 0.6) is 0 Å². The zero-order valence-corrected chi connectivity index (χ0v) is 15.7. The second-order valence-electron chi connectivity index (χ2n) is 6.49.